The van der Waals surface area contributed by atoms with Crippen molar-refractivity contribution in [2.24, 2.45) is 9.98 Å². The average molecular weight is 462 g/mol. The first-order valence-corrected chi connectivity index (χ1v) is 11.8. The van der Waals surface area contributed by atoms with Crippen LogP contribution in [0, 0.1) is 6.92 Å². The van der Waals surface area contributed by atoms with Gasteiger partial charge in [0.1, 0.15) is 5.84 Å². The quantitative estimate of drug-likeness (QED) is 0.139. The molecule has 5 heteroatoms. The number of aryl methyl sites for hydroxylation is 1. The SMILES string of the molecule is C=NC(C=C(NCNCC)c1ccc2ccccc2c1)=NCc1ccc(-c2ccnc(C)c2)cc1. The molecule has 0 unspecified atom stereocenters. The molecule has 0 amide bonds. The normalized spacial score (nSPS) is 12.1. The number of amidine groups is 1. The highest BCUT2D eigenvalue weighted by atomic mass is 15.1. The summed E-state index contributed by atoms with van der Waals surface area (Å²) in [4.78, 5) is 13.2. The minimum Gasteiger partial charge on any atom is -0.372 e. The second-order valence-electron chi connectivity index (χ2n) is 8.29. The number of benzene rings is 3. The molecular formula is C30H31N5. The minimum atomic E-state index is 0.527. The number of pyridine rings is 1. The van der Waals surface area contributed by atoms with E-state index < -0.39 is 0 Å². The van der Waals surface area contributed by atoms with Gasteiger partial charge < -0.3 is 10.6 Å². The van der Waals surface area contributed by atoms with Crippen LogP contribution in [0.1, 0.15) is 23.7 Å². The zero-order valence-corrected chi connectivity index (χ0v) is 20.3. The Bertz CT molecular complexity index is 1350. The number of hydrogen-bond donors (Lipinski definition) is 2. The summed E-state index contributed by atoms with van der Waals surface area (Å²) in [5, 5.41) is 9.19. The van der Waals surface area contributed by atoms with Crippen LogP contribution < -0.4 is 10.6 Å². The van der Waals surface area contributed by atoms with Gasteiger partial charge in [0.15, 0.2) is 0 Å². The maximum atomic E-state index is 4.73. The van der Waals surface area contributed by atoms with Crippen molar-refractivity contribution in [3.63, 3.8) is 0 Å². The van der Waals surface area contributed by atoms with Crippen LogP contribution in [-0.4, -0.2) is 30.8 Å². The average Bonchev–Trinajstić information content (AvgIpc) is 2.90. The van der Waals surface area contributed by atoms with Crippen LogP contribution in [0.4, 0.5) is 0 Å². The monoisotopic (exact) mass is 461 g/mol. The van der Waals surface area contributed by atoms with Crippen molar-refractivity contribution in [2.45, 2.75) is 20.4 Å². The molecule has 0 aliphatic carbocycles. The third-order valence-corrected chi connectivity index (χ3v) is 5.76. The third kappa shape index (κ3) is 6.49. The molecule has 0 aliphatic heterocycles. The largest absolute Gasteiger partial charge is 0.372 e. The summed E-state index contributed by atoms with van der Waals surface area (Å²) in [5.74, 6) is 0.589. The topological polar surface area (TPSA) is 61.7 Å². The Morgan fingerprint density at radius 3 is 2.49 bits per heavy atom. The highest BCUT2D eigenvalue weighted by Gasteiger charge is 2.05. The molecule has 0 fully saturated rings. The van der Waals surface area contributed by atoms with E-state index in [-0.39, 0.29) is 0 Å². The molecule has 0 saturated heterocycles. The summed E-state index contributed by atoms with van der Waals surface area (Å²) >= 11 is 0. The Kier molecular flexibility index (Phi) is 8.15. The molecule has 4 aromatic rings. The van der Waals surface area contributed by atoms with E-state index in [2.05, 4.69) is 107 Å². The number of nitrogens with zero attached hydrogens (tertiary/aromatic N) is 3. The first-order valence-electron chi connectivity index (χ1n) is 11.8. The Hall–Kier alpha value is -4.09. The maximum Gasteiger partial charge on any atom is 0.148 e. The van der Waals surface area contributed by atoms with Crippen LogP contribution in [0.2, 0.25) is 0 Å². The third-order valence-electron chi connectivity index (χ3n) is 5.76. The van der Waals surface area contributed by atoms with E-state index in [1.54, 1.807) is 0 Å². The molecule has 1 aromatic heterocycles. The van der Waals surface area contributed by atoms with E-state index in [9.17, 15) is 0 Å². The van der Waals surface area contributed by atoms with Gasteiger partial charge in [-0.25, -0.2) is 4.99 Å². The van der Waals surface area contributed by atoms with Crippen LogP contribution in [0.15, 0.2) is 101 Å². The van der Waals surface area contributed by atoms with Gasteiger partial charge in [0, 0.05) is 23.7 Å². The van der Waals surface area contributed by atoms with Crippen molar-refractivity contribution in [3.05, 3.63) is 108 Å². The highest BCUT2D eigenvalue weighted by molar-refractivity contribution is 6.02. The molecule has 176 valence electrons. The van der Waals surface area contributed by atoms with E-state index in [0.717, 1.165) is 40.2 Å². The van der Waals surface area contributed by atoms with E-state index in [4.69, 9.17) is 4.99 Å². The Morgan fingerprint density at radius 2 is 1.74 bits per heavy atom. The number of aliphatic imine (C=N–C) groups is 2. The zero-order valence-electron chi connectivity index (χ0n) is 20.3. The number of hydrogen-bond acceptors (Lipinski definition) is 4. The second kappa shape index (κ2) is 11.9. The van der Waals surface area contributed by atoms with Crippen LogP contribution >= 0.6 is 0 Å². The lowest BCUT2D eigenvalue weighted by molar-refractivity contribution is 0.685. The number of nitrogens with one attached hydrogen (secondary N) is 2. The van der Waals surface area contributed by atoms with Gasteiger partial charge in [0.05, 0.1) is 13.2 Å². The molecule has 4 rings (SSSR count). The van der Waals surface area contributed by atoms with Gasteiger partial charge in [-0.2, -0.15) is 0 Å². The summed E-state index contributed by atoms with van der Waals surface area (Å²) in [7, 11) is 0. The van der Waals surface area contributed by atoms with Gasteiger partial charge in [-0.15, -0.1) is 0 Å². The summed E-state index contributed by atoms with van der Waals surface area (Å²) < 4.78 is 0. The molecule has 0 atom stereocenters. The minimum absolute atomic E-state index is 0.527. The molecular weight excluding hydrogens is 430 g/mol. The number of aromatic nitrogens is 1. The molecule has 0 bridgehead atoms. The first kappa shape index (κ1) is 24.0. The fourth-order valence-electron chi connectivity index (χ4n) is 3.85. The van der Waals surface area contributed by atoms with Crippen molar-refractivity contribution in [1.82, 2.24) is 15.6 Å². The standard InChI is InChI=1S/C30H31N5/c1-4-32-21-35-29(28-14-13-24-7-5-6-8-26(24)18-28)19-30(31-3)34-20-23-9-11-25(12-10-23)27-15-16-33-22(2)17-27/h5-19,32,35H,3-4,20-21H2,1-2H3. The second-order valence-corrected chi connectivity index (χ2v) is 8.29. The van der Waals surface area contributed by atoms with Gasteiger partial charge in [-0.1, -0.05) is 67.6 Å². The molecule has 0 radical (unpaired) electrons. The number of rotatable bonds is 9. The first-order chi connectivity index (χ1) is 17.2. The Labute approximate surface area is 207 Å². The number of fused-ring (bicyclic) bond motifs is 1. The summed E-state index contributed by atoms with van der Waals surface area (Å²) in [6, 6.07) is 27.4. The lowest BCUT2D eigenvalue weighted by atomic mass is 10.0. The maximum absolute atomic E-state index is 4.73. The molecule has 2 N–H and O–H groups in total. The fraction of sp³-hybridized carbons (Fsp3) is 0.167. The Balaban J connectivity index is 1.56. The van der Waals surface area contributed by atoms with Crippen molar-refractivity contribution < 1.29 is 0 Å². The lowest BCUT2D eigenvalue weighted by Gasteiger charge is -2.13. The molecule has 1 heterocycles. The predicted molar refractivity (Wildman–Crippen MR) is 149 cm³/mol. The van der Waals surface area contributed by atoms with Crippen molar-refractivity contribution in [1.29, 1.82) is 0 Å². The van der Waals surface area contributed by atoms with Crippen molar-refractivity contribution in [2.75, 3.05) is 13.2 Å². The lowest BCUT2D eigenvalue weighted by Crippen LogP contribution is -2.27. The van der Waals surface area contributed by atoms with E-state index in [1.165, 1.54) is 10.8 Å². The molecule has 0 spiro atoms. The summed E-state index contributed by atoms with van der Waals surface area (Å²) in [5.41, 5.74) is 6.48. The van der Waals surface area contributed by atoms with E-state index in [0.29, 0.717) is 19.0 Å². The van der Waals surface area contributed by atoms with Crippen LogP contribution in [0.25, 0.3) is 27.6 Å². The van der Waals surface area contributed by atoms with Crippen LogP contribution in [-0.2, 0) is 6.54 Å². The van der Waals surface area contributed by atoms with Gasteiger partial charge in [0.25, 0.3) is 0 Å². The van der Waals surface area contributed by atoms with E-state index in [1.807, 2.05) is 25.3 Å². The molecule has 35 heavy (non-hydrogen) atoms. The van der Waals surface area contributed by atoms with Gasteiger partial charge in [-0.05, 0) is 71.4 Å². The predicted octanol–water partition coefficient (Wildman–Crippen LogP) is 6.01. The van der Waals surface area contributed by atoms with Crippen LogP contribution in [0.3, 0.4) is 0 Å². The van der Waals surface area contributed by atoms with Gasteiger partial charge >= 0.3 is 0 Å². The van der Waals surface area contributed by atoms with Gasteiger partial charge in [0.2, 0.25) is 0 Å². The van der Waals surface area contributed by atoms with Crippen LogP contribution in [0.5, 0.6) is 0 Å². The smallest absolute Gasteiger partial charge is 0.148 e. The zero-order chi connectivity index (χ0) is 24.5. The van der Waals surface area contributed by atoms with E-state index >= 15 is 0 Å². The van der Waals surface area contributed by atoms with Gasteiger partial charge in [-0.3, -0.25) is 9.98 Å². The molecule has 5 nitrogen and oxygen atoms in total. The van der Waals surface area contributed by atoms with Crippen molar-refractivity contribution >= 4 is 29.0 Å². The summed E-state index contributed by atoms with van der Waals surface area (Å²) in [6.07, 6.45) is 3.80. The Morgan fingerprint density at radius 1 is 0.943 bits per heavy atom. The summed E-state index contributed by atoms with van der Waals surface area (Å²) in [6.45, 7) is 9.90. The fourth-order valence-corrected chi connectivity index (χ4v) is 3.85. The van der Waals surface area contributed by atoms with Crippen molar-refractivity contribution in [3.8, 4) is 11.1 Å². The highest BCUT2D eigenvalue weighted by Crippen LogP contribution is 2.22. The molecule has 0 saturated carbocycles. The molecule has 0 aliphatic rings. The molecule has 3 aromatic carbocycles.